The molecular formula is C14H24N4O. The highest BCUT2D eigenvalue weighted by atomic mass is 16.5. The van der Waals surface area contributed by atoms with E-state index in [0.29, 0.717) is 31.1 Å². The molecule has 1 aromatic heterocycles. The average molecular weight is 264 g/mol. The number of nitrogens with zero attached hydrogens (tertiary/aromatic N) is 3. The van der Waals surface area contributed by atoms with Crippen molar-refractivity contribution < 1.29 is 4.74 Å². The standard InChI is InChI=1S/C14H24N4O/c1-4-19-14-11(3)13(16-9-17-14)18-10(2)6-5-7-12(18)8-15/h9-10,12H,4-8,15H2,1-3H3. The summed E-state index contributed by atoms with van der Waals surface area (Å²) in [6, 6.07) is 0.831. The molecule has 1 aliphatic rings. The summed E-state index contributed by atoms with van der Waals surface area (Å²) >= 11 is 0. The third-order valence-electron chi connectivity index (χ3n) is 3.84. The lowest BCUT2D eigenvalue weighted by molar-refractivity contribution is 0.322. The highest BCUT2D eigenvalue weighted by Gasteiger charge is 2.29. The molecule has 2 N–H and O–H groups in total. The van der Waals surface area contributed by atoms with Crippen molar-refractivity contribution in [3.8, 4) is 5.88 Å². The maximum atomic E-state index is 5.92. The summed E-state index contributed by atoms with van der Waals surface area (Å²) in [4.78, 5) is 11.0. The van der Waals surface area contributed by atoms with E-state index < -0.39 is 0 Å². The van der Waals surface area contributed by atoms with E-state index in [-0.39, 0.29) is 0 Å². The quantitative estimate of drug-likeness (QED) is 0.899. The Labute approximate surface area is 115 Å². The third kappa shape index (κ3) is 2.81. The van der Waals surface area contributed by atoms with E-state index in [1.165, 1.54) is 12.8 Å². The topological polar surface area (TPSA) is 64.3 Å². The molecule has 2 rings (SSSR count). The van der Waals surface area contributed by atoms with Crippen molar-refractivity contribution in [1.29, 1.82) is 0 Å². The van der Waals surface area contributed by atoms with Crippen LogP contribution in [0.25, 0.3) is 0 Å². The number of piperidine rings is 1. The zero-order chi connectivity index (χ0) is 13.8. The van der Waals surface area contributed by atoms with E-state index in [2.05, 4.69) is 21.8 Å². The van der Waals surface area contributed by atoms with Crippen molar-refractivity contribution in [3.05, 3.63) is 11.9 Å². The van der Waals surface area contributed by atoms with E-state index in [1.807, 2.05) is 13.8 Å². The van der Waals surface area contributed by atoms with E-state index in [4.69, 9.17) is 10.5 Å². The third-order valence-corrected chi connectivity index (χ3v) is 3.84. The van der Waals surface area contributed by atoms with Gasteiger partial charge in [0, 0.05) is 18.6 Å². The van der Waals surface area contributed by atoms with Gasteiger partial charge in [-0.25, -0.2) is 9.97 Å². The molecule has 5 nitrogen and oxygen atoms in total. The molecule has 19 heavy (non-hydrogen) atoms. The first kappa shape index (κ1) is 14.1. The summed E-state index contributed by atoms with van der Waals surface area (Å²) in [5.74, 6) is 1.65. The Balaban J connectivity index is 2.35. The van der Waals surface area contributed by atoms with E-state index in [9.17, 15) is 0 Å². The maximum absolute atomic E-state index is 5.92. The second kappa shape index (κ2) is 6.19. The van der Waals surface area contributed by atoms with E-state index in [0.717, 1.165) is 17.8 Å². The van der Waals surface area contributed by atoms with Crippen LogP contribution in [0.3, 0.4) is 0 Å². The number of anilines is 1. The van der Waals surface area contributed by atoms with Crippen LogP contribution in [0.2, 0.25) is 0 Å². The van der Waals surface area contributed by atoms with Crippen LogP contribution in [0.15, 0.2) is 6.33 Å². The molecule has 2 unspecified atom stereocenters. The molecule has 0 amide bonds. The van der Waals surface area contributed by atoms with Gasteiger partial charge in [0.05, 0.1) is 12.2 Å². The first-order valence-corrected chi connectivity index (χ1v) is 7.11. The van der Waals surface area contributed by atoms with Gasteiger partial charge < -0.3 is 15.4 Å². The fourth-order valence-corrected chi connectivity index (χ4v) is 2.87. The molecule has 0 radical (unpaired) electrons. The van der Waals surface area contributed by atoms with Crippen molar-refractivity contribution in [2.24, 2.45) is 5.73 Å². The average Bonchev–Trinajstić information content (AvgIpc) is 2.41. The molecule has 1 fully saturated rings. The van der Waals surface area contributed by atoms with Crippen LogP contribution in [0, 0.1) is 6.92 Å². The Kier molecular flexibility index (Phi) is 4.58. The van der Waals surface area contributed by atoms with E-state index >= 15 is 0 Å². The van der Waals surface area contributed by atoms with Crippen molar-refractivity contribution in [3.63, 3.8) is 0 Å². The number of hydrogen-bond acceptors (Lipinski definition) is 5. The van der Waals surface area contributed by atoms with Crippen molar-refractivity contribution >= 4 is 5.82 Å². The normalized spacial score (nSPS) is 23.5. The minimum atomic E-state index is 0.367. The summed E-state index contributed by atoms with van der Waals surface area (Å²) < 4.78 is 5.56. The molecular weight excluding hydrogens is 240 g/mol. The minimum absolute atomic E-state index is 0.367. The van der Waals surface area contributed by atoms with Crippen LogP contribution in [0.5, 0.6) is 5.88 Å². The van der Waals surface area contributed by atoms with Crippen molar-refractivity contribution in [2.75, 3.05) is 18.1 Å². The molecule has 1 aromatic rings. The number of ether oxygens (including phenoxy) is 1. The second-order valence-corrected chi connectivity index (χ2v) is 5.14. The Morgan fingerprint density at radius 1 is 1.42 bits per heavy atom. The Morgan fingerprint density at radius 2 is 2.21 bits per heavy atom. The molecule has 0 spiro atoms. The summed E-state index contributed by atoms with van der Waals surface area (Å²) in [7, 11) is 0. The summed E-state index contributed by atoms with van der Waals surface area (Å²) in [6.07, 6.45) is 5.14. The zero-order valence-corrected chi connectivity index (χ0v) is 12.1. The summed E-state index contributed by atoms with van der Waals surface area (Å²) in [5.41, 5.74) is 6.93. The maximum Gasteiger partial charge on any atom is 0.221 e. The molecule has 2 atom stereocenters. The van der Waals surface area contributed by atoms with Gasteiger partial charge in [-0.2, -0.15) is 0 Å². The van der Waals surface area contributed by atoms with Crippen LogP contribution in [-0.4, -0.2) is 35.2 Å². The minimum Gasteiger partial charge on any atom is -0.478 e. The fourth-order valence-electron chi connectivity index (χ4n) is 2.87. The van der Waals surface area contributed by atoms with Crippen LogP contribution in [0.4, 0.5) is 5.82 Å². The molecule has 0 bridgehead atoms. The van der Waals surface area contributed by atoms with Gasteiger partial charge >= 0.3 is 0 Å². The monoisotopic (exact) mass is 264 g/mol. The lowest BCUT2D eigenvalue weighted by Crippen LogP contribution is -2.49. The number of rotatable bonds is 4. The second-order valence-electron chi connectivity index (χ2n) is 5.14. The molecule has 5 heteroatoms. The molecule has 106 valence electrons. The van der Waals surface area contributed by atoms with E-state index in [1.54, 1.807) is 6.33 Å². The van der Waals surface area contributed by atoms with Gasteiger partial charge in [0.15, 0.2) is 0 Å². The Morgan fingerprint density at radius 3 is 2.89 bits per heavy atom. The van der Waals surface area contributed by atoms with Crippen molar-refractivity contribution in [1.82, 2.24) is 9.97 Å². The predicted octanol–water partition coefficient (Wildman–Crippen LogP) is 1.89. The smallest absolute Gasteiger partial charge is 0.221 e. The van der Waals surface area contributed by atoms with Crippen molar-refractivity contribution in [2.45, 2.75) is 52.1 Å². The highest BCUT2D eigenvalue weighted by Crippen LogP contribution is 2.32. The van der Waals surface area contributed by atoms with Gasteiger partial charge in [0.2, 0.25) is 5.88 Å². The molecule has 1 aliphatic heterocycles. The Bertz CT molecular complexity index is 424. The zero-order valence-electron chi connectivity index (χ0n) is 12.1. The Hall–Kier alpha value is -1.36. The van der Waals surface area contributed by atoms with Crippen LogP contribution in [-0.2, 0) is 0 Å². The van der Waals surface area contributed by atoms with Crippen LogP contribution >= 0.6 is 0 Å². The number of nitrogens with two attached hydrogens (primary N) is 1. The first-order chi connectivity index (χ1) is 9.19. The molecule has 1 saturated heterocycles. The largest absolute Gasteiger partial charge is 0.478 e. The van der Waals surface area contributed by atoms with Gasteiger partial charge in [-0.15, -0.1) is 0 Å². The fraction of sp³-hybridized carbons (Fsp3) is 0.714. The first-order valence-electron chi connectivity index (χ1n) is 7.11. The van der Waals surface area contributed by atoms with Gasteiger partial charge in [-0.3, -0.25) is 0 Å². The number of aromatic nitrogens is 2. The summed E-state index contributed by atoms with van der Waals surface area (Å²) in [6.45, 7) is 7.51. The highest BCUT2D eigenvalue weighted by molar-refractivity contribution is 5.52. The molecule has 0 aliphatic carbocycles. The lowest BCUT2D eigenvalue weighted by atomic mass is 9.96. The van der Waals surface area contributed by atoms with Crippen LogP contribution in [0.1, 0.15) is 38.7 Å². The summed E-state index contributed by atoms with van der Waals surface area (Å²) in [5, 5.41) is 0. The predicted molar refractivity (Wildman–Crippen MR) is 76.6 cm³/mol. The molecule has 0 aromatic carbocycles. The molecule has 2 heterocycles. The van der Waals surface area contributed by atoms with Crippen LogP contribution < -0.4 is 15.4 Å². The van der Waals surface area contributed by atoms with Gasteiger partial charge in [-0.05, 0) is 40.0 Å². The van der Waals surface area contributed by atoms with Gasteiger partial charge in [-0.1, -0.05) is 0 Å². The SMILES string of the molecule is CCOc1ncnc(N2C(C)CCCC2CN)c1C. The van der Waals surface area contributed by atoms with Gasteiger partial charge in [0.25, 0.3) is 0 Å². The molecule has 0 saturated carbocycles. The lowest BCUT2D eigenvalue weighted by Gasteiger charge is -2.41. The number of hydrogen-bond donors (Lipinski definition) is 1. The van der Waals surface area contributed by atoms with Gasteiger partial charge in [0.1, 0.15) is 12.1 Å².